The molecule has 0 aliphatic rings. The van der Waals surface area contributed by atoms with Crippen LogP contribution in [-0.4, -0.2) is 12.6 Å². The average molecular weight is 252 g/mol. The summed E-state index contributed by atoms with van der Waals surface area (Å²) in [4.78, 5) is 11.4. The number of carbonyl (C=O) groups is 1. The molecule has 2 amide bonds. The van der Waals surface area contributed by atoms with Crippen molar-refractivity contribution in [2.24, 2.45) is 5.92 Å². The molecular weight excluding hydrogens is 231 g/mol. The van der Waals surface area contributed by atoms with Gasteiger partial charge in [-0.2, -0.15) is 0 Å². The highest BCUT2D eigenvalue weighted by molar-refractivity contribution is 5.73. The molecule has 0 spiro atoms. The molecule has 100 valence electrons. The highest BCUT2D eigenvalue weighted by Gasteiger charge is 2.00. The van der Waals surface area contributed by atoms with E-state index in [1.54, 1.807) is 12.1 Å². The normalized spacial score (nSPS) is 10.4. The first kappa shape index (κ1) is 14.5. The van der Waals surface area contributed by atoms with Gasteiger partial charge in [-0.15, -0.1) is 0 Å². The molecule has 1 rings (SSSR count). The van der Waals surface area contributed by atoms with E-state index < -0.39 is 0 Å². The first-order chi connectivity index (χ1) is 8.58. The van der Waals surface area contributed by atoms with Crippen molar-refractivity contribution in [2.45, 2.75) is 33.2 Å². The van der Waals surface area contributed by atoms with Crippen molar-refractivity contribution in [3.05, 3.63) is 35.6 Å². The lowest BCUT2D eigenvalue weighted by atomic mass is 10.1. The first-order valence-corrected chi connectivity index (χ1v) is 6.34. The molecule has 0 atom stereocenters. The van der Waals surface area contributed by atoms with Gasteiger partial charge in [-0.1, -0.05) is 26.0 Å². The number of hydrogen-bond acceptors (Lipinski definition) is 1. The van der Waals surface area contributed by atoms with E-state index in [4.69, 9.17) is 0 Å². The number of benzene rings is 1. The third kappa shape index (κ3) is 6.23. The molecule has 3 nitrogen and oxygen atoms in total. The zero-order chi connectivity index (χ0) is 13.4. The molecule has 0 unspecified atom stereocenters. The molecular formula is C14H21FN2O. The molecule has 0 saturated heterocycles. The van der Waals surface area contributed by atoms with E-state index in [9.17, 15) is 9.18 Å². The molecule has 2 N–H and O–H groups in total. The quantitative estimate of drug-likeness (QED) is 0.751. The molecule has 4 heteroatoms. The summed E-state index contributed by atoms with van der Waals surface area (Å²) >= 11 is 0. The minimum absolute atomic E-state index is 0.178. The van der Waals surface area contributed by atoms with Crippen LogP contribution in [0.3, 0.4) is 0 Å². The minimum Gasteiger partial charge on any atom is -0.338 e. The maximum atomic E-state index is 12.7. The lowest BCUT2D eigenvalue weighted by Crippen LogP contribution is -2.35. The van der Waals surface area contributed by atoms with Crippen molar-refractivity contribution in [3.8, 4) is 0 Å². The summed E-state index contributed by atoms with van der Waals surface area (Å²) in [6.07, 6.45) is 2.10. The first-order valence-electron chi connectivity index (χ1n) is 6.34. The number of rotatable bonds is 6. The Labute approximate surface area is 108 Å². The zero-order valence-electron chi connectivity index (χ0n) is 11.0. The Kier molecular flexibility index (Phi) is 6.19. The maximum Gasteiger partial charge on any atom is 0.315 e. The van der Waals surface area contributed by atoms with Gasteiger partial charge in [0.2, 0.25) is 0 Å². The molecule has 0 heterocycles. The van der Waals surface area contributed by atoms with Crippen molar-refractivity contribution in [1.29, 1.82) is 0 Å². The van der Waals surface area contributed by atoms with Crippen molar-refractivity contribution >= 4 is 6.03 Å². The molecule has 0 aliphatic heterocycles. The Hall–Kier alpha value is -1.58. The second-order valence-corrected chi connectivity index (χ2v) is 4.77. The smallest absolute Gasteiger partial charge is 0.315 e. The number of nitrogens with one attached hydrogen (secondary N) is 2. The van der Waals surface area contributed by atoms with Gasteiger partial charge < -0.3 is 10.6 Å². The van der Waals surface area contributed by atoms with Crippen LogP contribution in [0.25, 0.3) is 0 Å². The fraction of sp³-hybridized carbons (Fsp3) is 0.500. The van der Waals surface area contributed by atoms with Crippen molar-refractivity contribution in [3.63, 3.8) is 0 Å². The van der Waals surface area contributed by atoms with Gasteiger partial charge in [0.25, 0.3) is 0 Å². The number of amides is 2. The van der Waals surface area contributed by atoms with E-state index in [2.05, 4.69) is 24.5 Å². The number of urea groups is 1. The van der Waals surface area contributed by atoms with Crippen molar-refractivity contribution in [2.75, 3.05) is 6.54 Å². The third-order valence-corrected chi connectivity index (χ3v) is 2.61. The van der Waals surface area contributed by atoms with Crippen LogP contribution in [0.2, 0.25) is 0 Å². The maximum absolute atomic E-state index is 12.7. The molecule has 18 heavy (non-hydrogen) atoms. The van der Waals surface area contributed by atoms with Gasteiger partial charge in [0.15, 0.2) is 0 Å². The van der Waals surface area contributed by atoms with Crippen LogP contribution in [0.4, 0.5) is 9.18 Å². The van der Waals surface area contributed by atoms with Gasteiger partial charge in [-0.05, 0) is 36.5 Å². The summed E-state index contributed by atoms with van der Waals surface area (Å²) in [5.41, 5.74) is 0.883. The fourth-order valence-corrected chi connectivity index (χ4v) is 1.56. The monoisotopic (exact) mass is 252 g/mol. The van der Waals surface area contributed by atoms with E-state index in [0.717, 1.165) is 18.4 Å². The summed E-state index contributed by atoms with van der Waals surface area (Å²) in [5, 5.41) is 5.53. The minimum atomic E-state index is -0.267. The van der Waals surface area contributed by atoms with Crippen LogP contribution in [0.1, 0.15) is 32.3 Å². The second kappa shape index (κ2) is 7.69. The van der Waals surface area contributed by atoms with Crippen molar-refractivity contribution < 1.29 is 9.18 Å². The average Bonchev–Trinajstić information content (AvgIpc) is 2.34. The molecule has 0 fully saturated rings. The van der Waals surface area contributed by atoms with Gasteiger partial charge in [0.05, 0.1) is 0 Å². The highest BCUT2D eigenvalue weighted by atomic mass is 19.1. The SMILES string of the molecule is CC(C)CCCNC(=O)NCc1ccc(F)cc1. The zero-order valence-corrected chi connectivity index (χ0v) is 11.0. The predicted molar refractivity (Wildman–Crippen MR) is 70.7 cm³/mol. The summed E-state index contributed by atoms with van der Waals surface area (Å²) in [7, 11) is 0. The van der Waals surface area contributed by atoms with E-state index in [0.29, 0.717) is 19.0 Å². The molecule has 0 bridgehead atoms. The molecule has 1 aromatic rings. The largest absolute Gasteiger partial charge is 0.338 e. The van der Waals surface area contributed by atoms with E-state index >= 15 is 0 Å². The number of halogens is 1. The standard InChI is InChI=1S/C14H21FN2O/c1-11(2)4-3-9-16-14(18)17-10-12-5-7-13(15)8-6-12/h5-8,11H,3-4,9-10H2,1-2H3,(H2,16,17,18). The summed E-state index contributed by atoms with van der Waals surface area (Å²) in [5.74, 6) is 0.394. The van der Waals surface area contributed by atoms with E-state index in [-0.39, 0.29) is 11.8 Å². The Balaban J connectivity index is 2.15. The van der Waals surface area contributed by atoms with Gasteiger partial charge in [-0.25, -0.2) is 9.18 Å². The van der Waals surface area contributed by atoms with Crippen LogP contribution in [0.15, 0.2) is 24.3 Å². The van der Waals surface area contributed by atoms with E-state index in [1.807, 2.05) is 0 Å². The lowest BCUT2D eigenvalue weighted by molar-refractivity contribution is 0.240. The molecule has 0 saturated carbocycles. The Morgan fingerprint density at radius 1 is 1.22 bits per heavy atom. The number of carbonyl (C=O) groups excluding carboxylic acids is 1. The van der Waals surface area contributed by atoms with Gasteiger partial charge in [0, 0.05) is 13.1 Å². The molecule has 0 aliphatic carbocycles. The summed E-state index contributed by atoms with van der Waals surface area (Å²) in [6.45, 7) is 5.42. The van der Waals surface area contributed by atoms with E-state index in [1.165, 1.54) is 12.1 Å². The Bertz CT molecular complexity index is 363. The topological polar surface area (TPSA) is 41.1 Å². The second-order valence-electron chi connectivity index (χ2n) is 4.77. The lowest BCUT2D eigenvalue weighted by Gasteiger charge is -2.08. The highest BCUT2D eigenvalue weighted by Crippen LogP contribution is 2.02. The molecule has 1 aromatic carbocycles. The van der Waals surface area contributed by atoms with Gasteiger partial charge >= 0.3 is 6.03 Å². The molecule has 0 aromatic heterocycles. The van der Waals surface area contributed by atoms with Crippen LogP contribution in [0.5, 0.6) is 0 Å². The summed E-state index contributed by atoms with van der Waals surface area (Å²) < 4.78 is 12.7. The van der Waals surface area contributed by atoms with Crippen LogP contribution in [0, 0.1) is 11.7 Å². The van der Waals surface area contributed by atoms with Crippen LogP contribution < -0.4 is 10.6 Å². The predicted octanol–water partition coefficient (Wildman–Crippen LogP) is 3.06. The van der Waals surface area contributed by atoms with Crippen LogP contribution >= 0.6 is 0 Å². The Morgan fingerprint density at radius 3 is 2.50 bits per heavy atom. The third-order valence-electron chi connectivity index (χ3n) is 2.61. The van der Waals surface area contributed by atoms with Gasteiger partial charge in [0.1, 0.15) is 5.82 Å². The summed E-state index contributed by atoms with van der Waals surface area (Å²) in [6, 6.07) is 5.92. The van der Waals surface area contributed by atoms with Gasteiger partial charge in [-0.3, -0.25) is 0 Å². The molecule has 0 radical (unpaired) electrons. The fourth-order valence-electron chi connectivity index (χ4n) is 1.56. The van der Waals surface area contributed by atoms with Crippen LogP contribution in [-0.2, 0) is 6.54 Å². The van der Waals surface area contributed by atoms with Crippen molar-refractivity contribution in [1.82, 2.24) is 10.6 Å². The Morgan fingerprint density at radius 2 is 1.89 bits per heavy atom. The number of hydrogen-bond donors (Lipinski definition) is 2.